The first-order valence-corrected chi connectivity index (χ1v) is 8.41. The number of benzene rings is 1. The fourth-order valence-corrected chi connectivity index (χ4v) is 2.41. The minimum Gasteiger partial charge on any atom is -0.490 e. The van der Waals surface area contributed by atoms with Crippen LogP contribution in [-0.4, -0.2) is 45.2 Å². The molecule has 138 valence electrons. The zero-order valence-electron chi connectivity index (χ0n) is 14.3. The predicted octanol–water partition coefficient (Wildman–Crippen LogP) is 1.98. The van der Waals surface area contributed by atoms with Gasteiger partial charge < -0.3 is 25.4 Å². The van der Waals surface area contributed by atoms with E-state index in [-0.39, 0.29) is 35.8 Å². The number of anilines is 1. The third-order valence-corrected chi connectivity index (χ3v) is 3.90. The number of hydrogen-bond acceptors (Lipinski definition) is 4. The Morgan fingerprint density at radius 1 is 1.16 bits per heavy atom. The lowest BCUT2D eigenvalue weighted by atomic mass is 10.3. The van der Waals surface area contributed by atoms with E-state index >= 15 is 0 Å². The van der Waals surface area contributed by atoms with Crippen LogP contribution in [0.15, 0.2) is 23.2 Å². The Hall–Kier alpha value is -1.71. The van der Waals surface area contributed by atoms with E-state index in [9.17, 15) is 4.79 Å². The minimum atomic E-state index is 0. The summed E-state index contributed by atoms with van der Waals surface area (Å²) in [4.78, 5) is 15.8. The van der Waals surface area contributed by atoms with Gasteiger partial charge in [0.1, 0.15) is 0 Å². The van der Waals surface area contributed by atoms with Crippen molar-refractivity contribution in [1.29, 1.82) is 0 Å². The average molecular weight is 460 g/mol. The van der Waals surface area contributed by atoms with Crippen molar-refractivity contribution in [3.05, 3.63) is 18.2 Å². The van der Waals surface area contributed by atoms with Crippen LogP contribution < -0.4 is 25.4 Å². The van der Waals surface area contributed by atoms with Crippen molar-refractivity contribution >= 4 is 41.5 Å². The summed E-state index contributed by atoms with van der Waals surface area (Å²) >= 11 is 0. The summed E-state index contributed by atoms with van der Waals surface area (Å²) in [5.41, 5.74) is 0.870. The first-order chi connectivity index (χ1) is 11.8. The molecule has 1 amide bonds. The van der Waals surface area contributed by atoms with Crippen LogP contribution in [0.4, 0.5) is 5.69 Å². The third-order valence-electron chi connectivity index (χ3n) is 3.90. The summed E-state index contributed by atoms with van der Waals surface area (Å²) in [6.45, 7) is 2.53. The van der Waals surface area contributed by atoms with Crippen LogP contribution in [0.5, 0.6) is 11.5 Å². The topological polar surface area (TPSA) is 84.0 Å². The second kappa shape index (κ2) is 9.69. The summed E-state index contributed by atoms with van der Waals surface area (Å²) in [5, 5.41) is 9.31. The molecule has 1 fully saturated rings. The molecule has 1 aromatic carbocycles. The molecule has 3 rings (SSSR count). The Morgan fingerprint density at radius 3 is 2.60 bits per heavy atom. The Morgan fingerprint density at radius 2 is 1.88 bits per heavy atom. The van der Waals surface area contributed by atoms with Gasteiger partial charge in [-0.2, -0.15) is 0 Å². The highest BCUT2D eigenvalue weighted by Gasteiger charge is 2.28. The van der Waals surface area contributed by atoms with Gasteiger partial charge in [-0.3, -0.25) is 9.79 Å². The molecule has 3 N–H and O–H groups in total. The molecule has 0 bridgehead atoms. The van der Waals surface area contributed by atoms with Crippen LogP contribution in [0.1, 0.15) is 19.3 Å². The van der Waals surface area contributed by atoms with Gasteiger partial charge in [0.05, 0.1) is 13.2 Å². The number of fused-ring (bicyclic) bond motifs is 1. The molecular formula is C17H25IN4O3. The number of hydrogen-bond donors (Lipinski definition) is 3. The number of halogens is 1. The van der Waals surface area contributed by atoms with E-state index in [1.165, 1.54) is 0 Å². The van der Waals surface area contributed by atoms with Crippen molar-refractivity contribution in [3.63, 3.8) is 0 Å². The molecule has 1 aliphatic heterocycles. The number of carbonyl (C=O) groups excluding carboxylic acids is 1. The molecule has 1 aliphatic carbocycles. The van der Waals surface area contributed by atoms with Gasteiger partial charge in [-0.1, -0.05) is 0 Å². The van der Waals surface area contributed by atoms with E-state index in [1.54, 1.807) is 7.05 Å². The van der Waals surface area contributed by atoms with Gasteiger partial charge in [-0.15, -0.1) is 24.0 Å². The molecule has 8 heteroatoms. The zero-order chi connectivity index (χ0) is 16.8. The van der Waals surface area contributed by atoms with Gasteiger partial charge in [-0.25, -0.2) is 0 Å². The second-order valence-electron chi connectivity index (χ2n) is 5.90. The first kappa shape index (κ1) is 19.6. The lowest BCUT2D eigenvalue weighted by Gasteiger charge is -2.14. The molecule has 0 aromatic heterocycles. The summed E-state index contributed by atoms with van der Waals surface area (Å²) in [7, 11) is 1.71. The van der Waals surface area contributed by atoms with Crippen LogP contribution in [-0.2, 0) is 4.79 Å². The molecule has 2 aliphatic rings. The van der Waals surface area contributed by atoms with Gasteiger partial charge in [0.25, 0.3) is 0 Å². The number of rotatable bonds is 5. The summed E-state index contributed by atoms with van der Waals surface area (Å²) in [6, 6.07) is 5.73. The van der Waals surface area contributed by atoms with E-state index in [0.29, 0.717) is 32.3 Å². The molecule has 0 spiro atoms. The van der Waals surface area contributed by atoms with Crippen LogP contribution in [0.25, 0.3) is 0 Å². The standard InChI is InChI=1S/C17H24N4O3.HI/c1-18-17(20-8-7-19-16(22)12-3-4-12)21-13-5-6-14-15(11-13)24-10-2-9-23-14;/h5-6,11-12H,2-4,7-10H2,1H3,(H,19,22)(H2,18,20,21);1H. The highest BCUT2D eigenvalue weighted by molar-refractivity contribution is 14.0. The molecule has 1 saturated carbocycles. The summed E-state index contributed by atoms with van der Waals surface area (Å²) in [5.74, 6) is 2.55. The largest absolute Gasteiger partial charge is 0.490 e. The Kier molecular flexibility index (Phi) is 7.60. The van der Waals surface area contributed by atoms with Crippen LogP contribution >= 0.6 is 24.0 Å². The Bertz CT molecular complexity index is 620. The quantitative estimate of drug-likeness (QED) is 0.271. The summed E-state index contributed by atoms with van der Waals surface area (Å²) < 4.78 is 11.3. The lowest BCUT2D eigenvalue weighted by molar-refractivity contribution is -0.122. The number of aliphatic imine (C=N–C) groups is 1. The fraction of sp³-hybridized carbons (Fsp3) is 0.529. The van der Waals surface area contributed by atoms with Gasteiger partial charge >= 0.3 is 0 Å². The average Bonchev–Trinajstić information content (AvgIpc) is 3.43. The number of nitrogens with one attached hydrogen (secondary N) is 3. The van der Waals surface area contributed by atoms with E-state index in [1.807, 2.05) is 18.2 Å². The van der Waals surface area contributed by atoms with E-state index < -0.39 is 0 Å². The highest BCUT2D eigenvalue weighted by atomic mass is 127. The number of ether oxygens (including phenoxy) is 2. The zero-order valence-corrected chi connectivity index (χ0v) is 16.7. The number of guanidine groups is 1. The maximum atomic E-state index is 11.6. The third kappa shape index (κ3) is 5.94. The minimum absolute atomic E-state index is 0. The normalized spacial score (nSPS) is 16.3. The smallest absolute Gasteiger partial charge is 0.223 e. The molecule has 0 atom stereocenters. The van der Waals surface area contributed by atoms with Crippen molar-refractivity contribution < 1.29 is 14.3 Å². The van der Waals surface area contributed by atoms with Crippen molar-refractivity contribution in [2.75, 3.05) is 38.7 Å². The maximum Gasteiger partial charge on any atom is 0.223 e. The monoisotopic (exact) mass is 460 g/mol. The van der Waals surface area contributed by atoms with Crippen molar-refractivity contribution in [3.8, 4) is 11.5 Å². The maximum absolute atomic E-state index is 11.6. The summed E-state index contributed by atoms with van der Waals surface area (Å²) in [6.07, 6.45) is 2.92. The number of nitrogens with zero attached hydrogens (tertiary/aromatic N) is 1. The number of amides is 1. The molecular weight excluding hydrogens is 435 g/mol. The van der Waals surface area contributed by atoms with Crippen molar-refractivity contribution in [1.82, 2.24) is 10.6 Å². The van der Waals surface area contributed by atoms with Crippen LogP contribution in [0.2, 0.25) is 0 Å². The molecule has 25 heavy (non-hydrogen) atoms. The van der Waals surface area contributed by atoms with E-state index in [0.717, 1.165) is 36.4 Å². The van der Waals surface area contributed by atoms with Crippen LogP contribution in [0.3, 0.4) is 0 Å². The van der Waals surface area contributed by atoms with Gasteiger partial charge in [0.2, 0.25) is 5.91 Å². The molecule has 0 unspecified atom stereocenters. The first-order valence-electron chi connectivity index (χ1n) is 8.41. The van der Waals surface area contributed by atoms with Gasteiger partial charge in [0.15, 0.2) is 17.5 Å². The molecule has 1 heterocycles. The van der Waals surface area contributed by atoms with Crippen molar-refractivity contribution in [2.24, 2.45) is 10.9 Å². The van der Waals surface area contributed by atoms with E-state index in [4.69, 9.17) is 9.47 Å². The van der Waals surface area contributed by atoms with Gasteiger partial charge in [-0.05, 0) is 25.0 Å². The highest BCUT2D eigenvalue weighted by Crippen LogP contribution is 2.32. The number of carbonyl (C=O) groups is 1. The molecule has 1 aromatic rings. The van der Waals surface area contributed by atoms with Gasteiger partial charge in [0, 0.05) is 44.2 Å². The fourth-order valence-electron chi connectivity index (χ4n) is 2.41. The Labute approximate surface area is 165 Å². The SMILES string of the molecule is CN=C(NCCNC(=O)C1CC1)Nc1ccc2c(c1)OCCCO2.I. The Balaban J connectivity index is 0.00000225. The second-order valence-corrected chi connectivity index (χ2v) is 5.90. The lowest BCUT2D eigenvalue weighted by Crippen LogP contribution is -2.38. The predicted molar refractivity (Wildman–Crippen MR) is 108 cm³/mol. The van der Waals surface area contributed by atoms with Crippen LogP contribution in [0, 0.1) is 5.92 Å². The molecule has 7 nitrogen and oxygen atoms in total. The van der Waals surface area contributed by atoms with Crippen molar-refractivity contribution in [2.45, 2.75) is 19.3 Å². The van der Waals surface area contributed by atoms with E-state index in [2.05, 4.69) is 20.9 Å². The molecule has 0 saturated heterocycles. The molecule has 0 radical (unpaired) electrons.